The summed E-state index contributed by atoms with van der Waals surface area (Å²) in [4.78, 5) is 21.7. The summed E-state index contributed by atoms with van der Waals surface area (Å²) in [7, 11) is 0. The van der Waals surface area contributed by atoms with Crippen LogP contribution >= 0.6 is 0 Å². The smallest absolute Gasteiger partial charge is 0.251 e. The van der Waals surface area contributed by atoms with Gasteiger partial charge in [0.2, 0.25) is 0 Å². The van der Waals surface area contributed by atoms with Crippen LogP contribution in [0.25, 0.3) is 21.8 Å². The van der Waals surface area contributed by atoms with Crippen molar-refractivity contribution in [2.24, 2.45) is 0 Å². The van der Waals surface area contributed by atoms with Crippen molar-refractivity contribution in [3.8, 4) is 6.07 Å². The van der Waals surface area contributed by atoms with Crippen molar-refractivity contribution in [3.05, 3.63) is 71.5 Å². The van der Waals surface area contributed by atoms with Crippen LogP contribution in [0.5, 0.6) is 0 Å². The molecule has 1 fully saturated rings. The zero-order valence-electron chi connectivity index (χ0n) is 18.7. The fraction of sp³-hybridized carbons (Fsp3) is 0.333. The van der Waals surface area contributed by atoms with E-state index in [1.54, 1.807) is 0 Å². The number of amides is 1. The average molecular weight is 440 g/mol. The monoisotopic (exact) mass is 439 g/mol. The van der Waals surface area contributed by atoms with Crippen LogP contribution in [0.4, 0.5) is 0 Å². The number of aryl methyl sites for hydroxylation is 1. The van der Waals surface area contributed by atoms with Gasteiger partial charge in [0.1, 0.15) is 0 Å². The number of hydrogen-bond acceptors (Lipinski definition) is 3. The maximum atomic E-state index is 12.7. The molecule has 0 aliphatic carbocycles. The van der Waals surface area contributed by atoms with Crippen LogP contribution < -0.4 is 5.32 Å². The number of piperidine rings is 1. The van der Waals surface area contributed by atoms with Crippen molar-refractivity contribution in [2.45, 2.75) is 38.1 Å². The van der Waals surface area contributed by atoms with E-state index in [0.717, 1.165) is 68.2 Å². The highest BCUT2D eigenvalue weighted by Gasteiger charge is 2.21. The van der Waals surface area contributed by atoms with Crippen molar-refractivity contribution in [2.75, 3.05) is 19.6 Å². The number of carbonyl (C=O) groups is 1. The summed E-state index contributed by atoms with van der Waals surface area (Å²) in [6.45, 7) is 3.15. The third-order valence-corrected chi connectivity index (χ3v) is 6.81. The minimum Gasteiger partial charge on any atom is -0.361 e. The van der Waals surface area contributed by atoms with E-state index >= 15 is 0 Å². The normalized spacial score (nSPS) is 15.1. The highest BCUT2D eigenvalue weighted by Crippen LogP contribution is 2.22. The van der Waals surface area contributed by atoms with E-state index in [1.165, 1.54) is 10.9 Å². The van der Waals surface area contributed by atoms with Gasteiger partial charge in [-0.05, 0) is 86.0 Å². The molecule has 1 aliphatic heterocycles. The van der Waals surface area contributed by atoms with E-state index in [1.807, 2.05) is 48.7 Å². The van der Waals surface area contributed by atoms with E-state index in [4.69, 9.17) is 5.26 Å². The van der Waals surface area contributed by atoms with E-state index in [9.17, 15) is 4.79 Å². The van der Waals surface area contributed by atoms with Crippen molar-refractivity contribution >= 4 is 27.7 Å². The van der Waals surface area contributed by atoms with Crippen molar-refractivity contribution in [1.82, 2.24) is 20.2 Å². The number of nitrogens with one attached hydrogen (secondary N) is 3. The van der Waals surface area contributed by atoms with Gasteiger partial charge in [0.25, 0.3) is 5.91 Å². The Labute approximate surface area is 193 Å². The topological polar surface area (TPSA) is 87.7 Å². The van der Waals surface area contributed by atoms with Gasteiger partial charge >= 0.3 is 0 Å². The van der Waals surface area contributed by atoms with Crippen LogP contribution in [0.3, 0.4) is 0 Å². The lowest BCUT2D eigenvalue weighted by molar-refractivity contribution is 0.0911. The number of rotatable bonds is 7. The third kappa shape index (κ3) is 4.79. The molecule has 33 heavy (non-hydrogen) atoms. The minimum atomic E-state index is 0.0169. The number of H-pyrrole nitrogens is 2. The molecule has 0 spiro atoms. The van der Waals surface area contributed by atoms with Crippen LogP contribution in [-0.2, 0) is 6.42 Å². The number of unbranched alkanes of at least 4 members (excludes halogenated alkanes) is 1. The van der Waals surface area contributed by atoms with Gasteiger partial charge in [0, 0.05) is 53.5 Å². The van der Waals surface area contributed by atoms with Gasteiger partial charge in [-0.3, -0.25) is 4.79 Å². The van der Waals surface area contributed by atoms with Crippen molar-refractivity contribution in [1.29, 1.82) is 5.26 Å². The van der Waals surface area contributed by atoms with Crippen molar-refractivity contribution < 1.29 is 4.79 Å². The van der Waals surface area contributed by atoms with Crippen LogP contribution in [-0.4, -0.2) is 46.5 Å². The molecule has 0 atom stereocenters. The number of aromatic amines is 2. The average Bonchev–Trinajstić information content (AvgIpc) is 3.48. The summed E-state index contributed by atoms with van der Waals surface area (Å²) in [6.07, 6.45) is 9.26. The maximum absolute atomic E-state index is 12.7. The number of hydrogen-bond donors (Lipinski definition) is 3. The highest BCUT2D eigenvalue weighted by atomic mass is 16.1. The van der Waals surface area contributed by atoms with Crippen LogP contribution in [0.1, 0.15) is 47.2 Å². The van der Waals surface area contributed by atoms with Gasteiger partial charge in [-0.15, -0.1) is 0 Å². The molecule has 6 heteroatoms. The Bertz CT molecular complexity index is 1300. The fourth-order valence-electron chi connectivity index (χ4n) is 4.86. The Morgan fingerprint density at radius 3 is 2.79 bits per heavy atom. The number of likely N-dealkylation sites (tertiary alicyclic amines) is 1. The minimum absolute atomic E-state index is 0.0169. The first-order chi connectivity index (χ1) is 16.2. The number of benzene rings is 2. The summed E-state index contributed by atoms with van der Waals surface area (Å²) < 4.78 is 0. The largest absolute Gasteiger partial charge is 0.361 e. The van der Waals surface area contributed by atoms with Crippen molar-refractivity contribution in [3.63, 3.8) is 0 Å². The van der Waals surface area contributed by atoms with Gasteiger partial charge in [0.15, 0.2) is 0 Å². The van der Waals surface area contributed by atoms with Gasteiger partial charge in [-0.25, -0.2) is 0 Å². The number of carbonyl (C=O) groups excluding carboxylic acids is 1. The van der Waals surface area contributed by atoms with E-state index in [0.29, 0.717) is 11.1 Å². The molecule has 5 rings (SSSR count). The molecule has 1 aliphatic rings. The molecule has 1 saturated heterocycles. The lowest BCUT2D eigenvalue weighted by atomic mass is 10.0. The zero-order valence-corrected chi connectivity index (χ0v) is 18.7. The van der Waals surface area contributed by atoms with Crippen LogP contribution in [0.15, 0.2) is 54.9 Å². The lowest BCUT2D eigenvalue weighted by Gasteiger charge is -2.32. The quantitative estimate of drug-likeness (QED) is 0.364. The van der Waals surface area contributed by atoms with Gasteiger partial charge in [-0.2, -0.15) is 5.26 Å². The zero-order chi connectivity index (χ0) is 22.6. The molecule has 0 radical (unpaired) electrons. The number of fused-ring (bicyclic) bond motifs is 2. The van der Waals surface area contributed by atoms with Crippen LogP contribution in [0.2, 0.25) is 0 Å². The first-order valence-corrected chi connectivity index (χ1v) is 11.8. The summed E-state index contributed by atoms with van der Waals surface area (Å²) in [5.74, 6) is 0.0169. The molecule has 3 heterocycles. The number of aromatic nitrogens is 2. The summed E-state index contributed by atoms with van der Waals surface area (Å²) in [5.41, 5.74) is 4.81. The molecule has 3 N–H and O–H groups in total. The number of nitriles is 1. The third-order valence-electron chi connectivity index (χ3n) is 6.81. The van der Waals surface area contributed by atoms with Crippen LogP contribution in [0, 0.1) is 11.3 Å². The Morgan fingerprint density at radius 2 is 1.94 bits per heavy atom. The second kappa shape index (κ2) is 9.51. The summed E-state index contributed by atoms with van der Waals surface area (Å²) in [5, 5.41) is 14.7. The predicted octanol–water partition coefficient (Wildman–Crippen LogP) is 4.74. The molecule has 0 bridgehead atoms. The lowest BCUT2D eigenvalue weighted by Crippen LogP contribution is -2.44. The fourth-order valence-corrected chi connectivity index (χ4v) is 4.86. The summed E-state index contributed by atoms with van der Waals surface area (Å²) >= 11 is 0. The van der Waals surface area contributed by atoms with E-state index in [-0.39, 0.29) is 11.9 Å². The Balaban J connectivity index is 1.05. The molecule has 2 aromatic carbocycles. The molecule has 4 aromatic rings. The molecule has 2 aromatic heterocycles. The van der Waals surface area contributed by atoms with Gasteiger partial charge in [0.05, 0.1) is 11.6 Å². The molecule has 1 amide bonds. The Kier molecular flexibility index (Phi) is 6.14. The predicted molar refractivity (Wildman–Crippen MR) is 131 cm³/mol. The molecule has 0 saturated carbocycles. The summed E-state index contributed by atoms with van der Waals surface area (Å²) in [6, 6.07) is 16.1. The first-order valence-electron chi connectivity index (χ1n) is 11.8. The number of nitrogens with zero attached hydrogens (tertiary/aromatic N) is 2. The Morgan fingerprint density at radius 1 is 1.06 bits per heavy atom. The molecule has 6 nitrogen and oxygen atoms in total. The van der Waals surface area contributed by atoms with Gasteiger partial charge in [-0.1, -0.05) is 6.07 Å². The van der Waals surface area contributed by atoms with Gasteiger partial charge < -0.3 is 20.2 Å². The van der Waals surface area contributed by atoms with E-state index < -0.39 is 0 Å². The molecule has 0 unspecified atom stereocenters. The standard InChI is InChI=1S/C27H29N5O/c28-17-19-4-7-25-24(15-19)22(18-30-25)3-1-2-12-32-13-9-23(10-14-32)31-27(33)21-6-5-20-8-11-29-26(20)16-21/h4-8,11,15-16,18,23,29-30H,1-3,9-10,12-14H2,(H,31,33). The molecule has 168 valence electrons. The highest BCUT2D eigenvalue weighted by molar-refractivity contribution is 5.98. The molecular weight excluding hydrogens is 410 g/mol. The Hall–Kier alpha value is -3.56. The second-order valence-electron chi connectivity index (χ2n) is 9.01. The maximum Gasteiger partial charge on any atom is 0.251 e. The second-order valence-corrected chi connectivity index (χ2v) is 9.01. The molecular formula is C27H29N5O. The first kappa shape index (κ1) is 21.3. The SMILES string of the molecule is N#Cc1ccc2[nH]cc(CCCCN3CCC(NC(=O)c4ccc5cc[nH]c5c4)CC3)c2c1. The van der Waals surface area contributed by atoms with E-state index in [2.05, 4.69) is 32.5 Å².